The van der Waals surface area contributed by atoms with Crippen LogP contribution in [0.2, 0.25) is 0 Å². The highest BCUT2D eigenvalue weighted by molar-refractivity contribution is 6.45. The molecule has 0 radical (unpaired) electrons. The Kier molecular flexibility index (Phi) is 6.08. The van der Waals surface area contributed by atoms with Gasteiger partial charge in [-0.2, -0.15) is 0 Å². The van der Waals surface area contributed by atoms with Crippen LogP contribution in [-0.4, -0.2) is 58.1 Å². The predicted octanol–water partition coefficient (Wildman–Crippen LogP) is 3.54. The zero-order valence-corrected chi connectivity index (χ0v) is 19.1. The Balaban J connectivity index is 1.84. The summed E-state index contributed by atoms with van der Waals surface area (Å²) in [6, 6.07) is 12.8. The minimum atomic E-state index is -0.321. The molecule has 0 spiro atoms. The Hall–Kier alpha value is -3.48. The predicted molar refractivity (Wildman–Crippen MR) is 125 cm³/mol. The average Bonchev–Trinajstić information content (AvgIpc) is 3.09. The Bertz CT molecular complexity index is 1070. The van der Waals surface area contributed by atoms with E-state index >= 15 is 0 Å². The van der Waals surface area contributed by atoms with Gasteiger partial charge in [-0.05, 0) is 55.2 Å². The second kappa shape index (κ2) is 8.94. The number of hydrogen-bond donors (Lipinski definition) is 0. The van der Waals surface area contributed by atoms with Crippen LogP contribution in [0.3, 0.4) is 0 Å². The zero-order chi connectivity index (χ0) is 22.8. The topological polar surface area (TPSA) is 62.3 Å². The summed E-state index contributed by atoms with van der Waals surface area (Å²) < 4.78 is 10.8. The van der Waals surface area contributed by atoms with Crippen LogP contribution in [0.4, 0.5) is 11.4 Å². The van der Waals surface area contributed by atoms with Crippen LogP contribution in [0, 0.1) is 0 Å². The molecule has 4 rings (SSSR count). The summed E-state index contributed by atoms with van der Waals surface area (Å²) in [5.41, 5.74) is 3.01. The van der Waals surface area contributed by atoms with Gasteiger partial charge in [0, 0.05) is 32.9 Å². The van der Waals surface area contributed by atoms with Crippen LogP contribution in [0.1, 0.15) is 24.8 Å². The summed E-state index contributed by atoms with van der Waals surface area (Å²) in [6.07, 6.45) is 3.13. The lowest BCUT2D eigenvalue weighted by Crippen LogP contribution is -2.37. The molecule has 1 saturated heterocycles. The minimum Gasteiger partial charge on any atom is -0.493 e. The van der Waals surface area contributed by atoms with E-state index < -0.39 is 0 Å². The zero-order valence-electron chi connectivity index (χ0n) is 19.1. The van der Waals surface area contributed by atoms with E-state index in [1.165, 1.54) is 4.90 Å². The molecule has 7 heteroatoms. The van der Waals surface area contributed by atoms with Gasteiger partial charge in [-0.1, -0.05) is 12.1 Å². The van der Waals surface area contributed by atoms with Crippen LogP contribution in [0.25, 0.3) is 5.57 Å². The molecule has 2 amide bonds. The molecule has 0 unspecified atom stereocenters. The fourth-order valence-electron chi connectivity index (χ4n) is 4.33. The van der Waals surface area contributed by atoms with Crippen LogP contribution < -0.4 is 19.3 Å². The lowest BCUT2D eigenvalue weighted by molar-refractivity contribution is -0.120. The van der Waals surface area contributed by atoms with Crippen LogP contribution in [0.15, 0.2) is 48.2 Å². The third-order valence-corrected chi connectivity index (χ3v) is 6.01. The van der Waals surface area contributed by atoms with E-state index in [-0.39, 0.29) is 11.8 Å². The first-order valence-corrected chi connectivity index (χ1v) is 10.8. The van der Waals surface area contributed by atoms with E-state index in [4.69, 9.17) is 9.47 Å². The monoisotopic (exact) mass is 435 g/mol. The molecule has 0 aromatic heterocycles. The average molecular weight is 436 g/mol. The number of nitrogens with zero attached hydrogens (tertiary/aromatic N) is 3. The summed E-state index contributed by atoms with van der Waals surface area (Å²) >= 11 is 0. The lowest BCUT2D eigenvalue weighted by atomic mass is 10.0. The number of ether oxygens (including phenoxy) is 2. The SMILES string of the molecule is COc1ccc(C2=C(N3CCCCC3)C(=O)N(c3cccc(N(C)C)c3)C2=O)cc1OC. The molecule has 168 valence electrons. The smallest absolute Gasteiger partial charge is 0.282 e. The Morgan fingerprint density at radius 3 is 2.22 bits per heavy atom. The Morgan fingerprint density at radius 2 is 1.56 bits per heavy atom. The normalized spacial score (nSPS) is 16.6. The van der Waals surface area contributed by atoms with Crippen molar-refractivity contribution < 1.29 is 19.1 Å². The summed E-state index contributed by atoms with van der Waals surface area (Å²) in [6.45, 7) is 1.52. The number of likely N-dealkylation sites (tertiary alicyclic amines) is 1. The first kappa shape index (κ1) is 21.7. The number of imide groups is 1. The largest absolute Gasteiger partial charge is 0.493 e. The van der Waals surface area contributed by atoms with Gasteiger partial charge in [-0.3, -0.25) is 9.59 Å². The van der Waals surface area contributed by atoms with E-state index in [0.29, 0.717) is 34.0 Å². The number of piperidine rings is 1. The standard InChI is InChI=1S/C25H29N3O4/c1-26(2)18-9-8-10-19(16-18)28-24(29)22(17-11-12-20(31-3)21(15-17)32-4)23(25(28)30)27-13-6-5-7-14-27/h8-12,15-16H,5-7,13-14H2,1-4H3. The number of amides is 2. The minimum absolute atomic E-state index is 0.280. The fourth-order valence-corrected chi connectivity index (χ4v) is 4.33. The highest BCUT2D eigenvalue weighted by Crippen LogP contribution is 2.39. The van der Waals surface area contributed by atoms with Gasteiger partial charge in [0.15, 0.2) is 11.5 Å². The van der Waals surface area contributed by atoms with Gasteiger partial charge in [0.05, 0.1) is 25.5 Å². The first-order chi connectivity index (χ1) is 15.5. The van der Waals surface area contributed by atoms with Crippen molar-refractivity contribution in [3.05, 3.63) is 53.7 Å². The molecule has 2 heterocycles. The number of anilines is 2. The van der Waals surface area contributed by atoms with Gasteiger partial charge < -0.3 is 19.3 Å². The molecular weight excluding hydrogens is 406 g/mol. The summed E-state index contributed by atoms with van der Waals surface area (Å²) in [7, 11) is 6.99. The second-order valence-corrected chi connectivity index (χ2v) is 8.20. The van der Waals surface area contributed by atoms with Crippen molar-refractivity contribution in [3.8, 4) is 11.5 Å². The molecule has 0 saturated carbocycles. The van der Waals surface area contributed by atoms with Gasteiger partial charge in [-0.25, -0.2) is 4.90 Å². The van der Waals surface area contributed by atoms with E-state index in [9.17, 15) is 9.59 Å². The molecule has 7 nitrogen and oxygen atoms in total. The molecule has 0 N–H and O–H groups in total. The molecule has 1 fully saturated rings. The van der Waals surface area contributed by atoms with Crippen LogP contribution in [0.5, 0.6) is 11.5 Å². The number of carbonyl (C=O) groups excluding carboxylic acids is 2. The molecule has 32 heavy (non-hydrogen) atoms. The maximum atomic E-state index is 13.7. The highest BCUT2D eigenvalue weighted by atomic mass is 16.5. The van der Waals surface area contributed by atoms with Crippen LogP contribution in [-0.2, 0) is 9.59 Å². The van der Waals surface area contributed by atoms with Crippen molar-refractivity contribution in [2.45, 2.75) is 19.3 Å². The van der Waals surface area contributed by atoms with Crippen molar-refractivity contribution >= 4 is 28.8 Å². The van der Waals surface area contributed by atoms with Gasteiger partial charge in [-0.15, -0.1) is 0 Å². The van der Waals surface area contributed by atoms with E-state index in [1.54, 1.807) is 32.4 Å². The number of carbonyl (C=O) groups is 2. The third-order valence-electron chi connectivity index (χ3n) is 6.01. The van der Waals surface area contributed by atoms with Crippen molar-refractivity contribution in [3.63, 3.8) is 0 Å². The number of rotatable bonds is 6. The molecule has 0 atom stereocenters. The molecular formula is C25H29N3O4. The van der Waals surface area contributed by atoms with Crippen molar-refractivity contribution in [2.75, 3.05) is 51.2 Å². The first-order valence-electron chi connectivity index (χ1n) is 10.8. The van der Waals surface area contributed by atoms with Crippen LogP contribution >= 0.6 is 0 Å². The second-order valence-electron chi connectivity index (χ2n) is 8.20. The van der Waals surface area contributed by atoms with E-state index in [0.717, 1.165) is 38.0 Å². The fraction of sp³-hybridized carbons (Fsp3) is 0.360. The van der Waals surface area contributed by atoms with Crippen molar-refractivity contribution in [2.24, 2.45) is 0 Å². The Labute approximate surface area is 188 Å². The van der Waals surface area contributed by atoms with Gasteiger partial charge in [0.2, 0.25) is 0 Å². The molecule has 2 aliphatic rings. The summed E-state index contributed by atoms with van der Waals surface area (Å²) in [4.78, 5) is 32.7. The highest BCUT2D eigenvalue weighted by Gasteiger charge is 2.43. The molecule has 2 aliphatic heterocycles. The summed E-state index contributed by atoms with van der Waals surface area (Å²) in [5, 5.41) is 0. The molecule has 2 aromatic carbocycles. The molecule has 0 aliphatic carbocycles. The van der Waals surface area contributed by atoms with Crippen molar-refractivity contribution in [1.29, 1.82) is 0 Å². The van der Waals surface area contributed by atoms with Gasteiger partial charge in [0.25, 0.3) is 11.8 Å². The van der Waals surface area contributed by atoms with E-state index in [2.05, 4.69) is 4.90 Å². The number of benzene rings is 2. The quantitative estimate of drug-likeness (QED) is 0.647. The molecule has 2 aromatic rings. The van der Waals surface area contributed by atoms with Gasteiger partial charge in [0.1, 0.15) is 5.70 Å². The van der Waals surface area contributed by atoms with Crippen molar-refractivity contribution in [1.82, 2.24) is 4.90 Å². The summed E-state index contributed by atoms with van der Waals surface area (Å²) in [5.74, 6) is 0.490. The maximum Gasteiger partial charge on any atom is 0.282 e. The number of hydrogen-bond acceptors (Lipinski definition) is 6. The Morgan fingerprint density at radius 1 is 0.844 bits per heavy atom. The number of methoxy groups -OCH3 is 2. The van der Waals surface area contributed by atoms with Gasteiger partial charge >= 0.3 is 0 Å². The third kappa shape index (κ3) is 3.79. The molecule has 0 bridgehead atoms. The lowest BCUT2D eigenvalue weighted by Gasteiger charge is -2.29. The maximum absolute atomic E-state index is 13.7. The van der Waals surface area contributed by atoms with E-state index in [1.807, 2.05) is 43.3 Å².